The van der Waals surface area contributed by atoms with Crippen LogP contribution in [0.2, 0.25) is 0 Å². The smallest absolute Gasteiger partial charge is 0.282 e. The first-order chi connectivity index (χ1) is 10.6. The number of hydrogen-bond donors (Lipinski definition) is 0. The maximum atomic E-state index is 12.8. The molecule has 2 aliphatic rings. The first kappa shape index (κ1) is 15.9. The van der Waals surface area contributed by atoms with Crippen LogP contribution in [0, 0.1) is 0 Å². The van der Waals surface area contributed by atoms with Crippen molar-refractivity contribution in [2.24, 2.45) is 0 Å². The molecule has 124 valence electrons. The second-order valence-corrected chi connectivity index (χ2v) is 8.00. The van der Waals surface area contributed by atoms with E-state index in [1.165, 1.54) is 0 Å². The molecule has 1 unspecified atom stereocenters. The molecule has 0 aliphatic carbocycles. The van der Waals surface area contributed by atoms with Crippen molar-refractivity contribution >= 4 is 10.2 Å². The summed E-state index contributed by atoms with van der Waals surface area (Å²) in [5, 5.41) is 3.70. The lowest BCUT2D eigenvalue weighted by Gasteiger charge is -2.39. The van der Waals surface area contributed by atoms with E-state index in [0.29, 0.717) is 26.2 Å². The Balaban J connectivity index is 1.58. The van der Waals surface area contributed by atoms with Crippen LogP contribution >= 0.6 is 0 Å². The van der Waals surface area contributed by atoms with Gasteiger partial charge >= 0.3 is 0 Å². The van der Waals surface area contributed by atoms with Crippen molar-refractivity contribution < 1.29 is 12.9 Å². The molecule has 0 spiro atoms. The van der Waals surface area contributed by atoms with Crippen LogP contribution in [0.1, 0.15) is 31.9 Å². The van der Waals surface area contributed by atoms with Gasteiger partial charge in [-0.2, -0.15) is 17.0 Å². The molecular formula is C14H24N4O3S. The van der Waals surface area contributed by atoms with E-state index in [9.17, 15) is 8.42 Å². The van der Waals surface area contributed by atoms with Gasteiger partial charge in [0.1, 0.15) is 0 Å². The van der Waals surface area contributed by atoms with Gasteiger partial charge in [-0.3, -0.25) is 4.90 Å². The van der Waals surface area contributed by atoms with Crippen LogP contribution in [0.5, 0.6) is 0 Å². The highest BCUT2D eigenvalue weighted by Crippen LogP contribution is 2.23. The molecule has 0 saturated carbocycles. The molecule has 8 heteroatoms. The minimum atomic E-state index is -3.32. The Morgan fingerprint density at radius 3 is 2.64 bits per heavy atom. The molecule has 2 saturated heterocycles. The van der Waals surface area contributed by atoms with Gasteiger partial charge in [-0.05, 0) is 19.8 Å². The number of nitrogens with zero attached hydrogens (tertiary/aromatic N) is 4. The highest BCUT2D eigenvalue weighted by molar-refractivity contribution is 7.86. The zero-order valence-corrected chi connectivity index (χ0v) is 13.8. The molecule has 1 aromatic rings. The maximum absolute atomic E-state index is 12.8. The van der Waals surface area contributed by atoms with Gasteiger partial charge in [-0.15, -0.1) is 0 Å². The van der Waals surface area contributed by atoms with Crippen molar-refractivity contribution in [3.63, 3.8) is 0 Å². The Bertz CT molecular complexity index is 567. The minimum Gasteiger partial charge on any atom is -0.360 e. The van der Waals surface area contributed by atoms with Crippen LogP contribution in [0.4, 0.5) is 0 Å². The summed E-state index contributed by atoms with van der Waals surface area (Å²) in [6.45, 7) is 5.89. The first-order valence-electron chi connectivity index (χ1n) is 7.96. The molecule has 0 radical (unpaired) electrons. The van der Waals surface area contributed by atoms with Crippen LogP contribution in [0.3, 0.4) is 0 Å². The molecule has 7 nitrogen and oxygen atoms in total. The third kappa shape index (κ3) is 3.34. The first-order valence-corrected chi connectivity index (χ1v) is 9.36. The molecule has 0 bridgehead atoms. The normalized spacial score (nSPS) is 26.3. The third-order valence-corrected chi connectivity index (χ3v) is 6.72. The van der Waals surface area contributed by atoms with Gasteiger partial charge in [-0.1, -0.05) is 11.6 Å². The monoisotopic (exact) mass is 328 g/mol. The van der Waals surface area contributed by atoms with Crippen LogP contribution in [-0.4, -0.2) is 65.9 Å². The van der Waals surface area contributed by atoms with Crippen LogP contribution < -0.4 is 0 Å². The summed E-state index contributed by atoms with van der Waals surface area (Å²) in [5.74, 6) is 0.820. The van der Waals surface area contributed by atoms with Gasteiger partial charge in [0.25, 0.3) is 10.2 Å². The molecule has 3 rings (SSSR count). The van der Waals surface area contributed by atoms with E-state index in [-0.39, 0.29) is 6.04 Å². The van der Waals surface area contributed by atoms with E-state index in [1.807, 2.05) is 13.0 Å². The van der Waals surface area contributed by atoms with Gasteiger partial charge in [0.2, 0.25) is 0 Å². The Morgan fingerprint density at radius 2 is 2.00 bits per heavy atom. The van der Waals surface area contributed by atoms with Crippen molar-refractivity contribution in [2.75, 3.05) is 32.7 Å². The summed E-state index contributed by atoms with van der Waals surface area (Å²) in [5.41, 5.74) is 0. The summed E-state index contributed by atoms with van der Waals surface area (Å²) in [6, 6.07) is 1.96. The molecular weight excluding hydrogens is 304 g/mol. The van der Waals surface area contributed by atoms with Crippen molar-refractivity contribution in [1.82, 2.24) is 18.7 Å². The Morgan fingerprint density at radius 1 is 1.23 bits per heavy atom. The largest absolute Gasteiger partial charge is 0.360 e. The fraction of sp³-hybridized carbons (Fsp3) is 0.786. The number of hydrogen-bond acceptors (Lipinski definition) is 5. The van der Waals surface area contributed by atoms with Crippen LogP contribution in [-0.2, 0) is 16.8 Å². The molecule has 0 N–H and O–H groups in total. The van der Waals surface area contributed by atoms with E-state index < -0.39 is 10.2 Å². The lowest BCUT2D eigenvalue weighted by atomic mass is 10.1. The van der Waals surface area contributed by atoms with Crippen LogP contribution in [0.15, 0.2) is 16.8 Å². The summed E-state index contributed by atoms with van der Waals surface area (Å²) in [7, 11) is -3.32. The molecule has 2 aliphatic heterocycles. The van der Waals surface area contributed by atoms with Gasteiger partial charge < -0.3 is 4.52 Å². The average Bonchev–Trinajstić information content (AvgIpc) is 3.01. The lowest BCUT2D eigenvalue weighted by Crippen LogP contribution is -2.55. The second-order valence-electron chi connectivity index (χ2n) is 6.12. The molecule has 0 aromatic carbocycles. The maximum Gasteiger partial charge on any atom is 0.282 e. The third-order valence-electron chi connectivity index (χ3n) is 4.57. The number of rotatable bonds is 4. The lowest BCUT2D eigenvalue weighted by molar-refractivity contribution is 0.155. The Labute approximate surface area is 132 Å². The zero-order chi connectivity index (χ0) is 15.6. The fourth-order valence-electron chi connectivity index (χ4n) is 3.23. The molecule has 3 heterocycles. The highest BCUT2D eigenvalue weighted by atomic mass is 32.2. The van der Waals surface area contributed by atoms with Gasteiger partial charge in [0, 0.05) is 44.8 Å². The number of aromatic nitrogens is 1. The molecule has 22 heavy (non-hydrogen) atoms. The predicted molar refractivity (Wildman–Crippen MR) is 82.3 cm³/mol. The van der Waals surface area contributed by atoms with Crippen molar-refractivity contribution in [1.29, 1.82) is 0 Å². The van der Waals surface area contributed by atoms with Gasteiger partial charge in [0.15, 0.2) is 5.76 Å². The van der Waals surface area contributed by atoms with Gasteiger partial charge in [0.05, 0.1) is 12.7 Å². The quantitative estimate of drug-likeness (QED) is 0.822. The standard InChI is InChI=1S/C14H24N4O3S/c1-13-4-2-3-7-18(13)22(19,20)17-10-8-16(9-11-17)12-14-5-6-15-21-14/h5-6,13H,2-4,7-12H2,1H3. The summed E-state index contributed by atoms with van der Waals surface area (Å²) >= 11 is 0. The Hall–Kier alpha value is -0.960. The van der Waals surface area contributed by atoms with E-state index in [4.69, 9.17) is 4.52 Å². The van der Waals surface area contributed by atoms with Crippen molar-refractivity contribution in [2.45, 2.75) is 38.8 Å². The van der Waals surface area contributed by atoms with Gasteiger partial charge in [-0.25, -0.2) is 0 Å². The SMILES string of the molecule is CC1CCCCN1S(=O)(=O)N1CCN(Cc2ccno2)CC1. The molecule has 1 atom stereocenters. The molecule has 2 fully saturated rings. The Kier molecular flexibility index (Phi) is 4.82. The summed E-state index contributed by atoms with van der Waals surface area (Å²) in [6.07, 6.45) is 4.69. The number of piperidine rings is 1. The van der Waals surface area contributed by atoms with E-state index in [2.05, 4.69) is 10.1 Å². The minimum absolute atomic E-state index is 0.117. The highest BCUT2D eigenvalue weighted by Gasteiger charge is 2.36. The predicted octanol–water partition coefficient (Wildman–Crippen LogP) is 0.911. The summed E-state index contributed by atoms with van der Waals surface area (Å²) in [4.78, 5) is 2.20. The molecule has 0 amide bonds. The second kappa shape index (κ2) is 6.66. The average molecular weight is 328 g/mol. The number of piperazine rings is 1. The van der Waals surface area contributed by atoms with E-state index in [0.717, 1.165) is 38.1 Å². The molecule has 1 aromatic heterocycles. The zero-order valence-electron chi connectivity index (χ0n) is 13.0. The topological polar surface area (TPSA) is 69.9 Å². The van der Waals surface area contributed by atoms with E-state index >= 15 is 0 Å². The van der Waals surface area contributed by atoms with Crippen molar-refractivity contribution in [3.8, 4) is 0 Å². The van der Waals surface area contributed by atoms with Crippen molar-refractivity contribution in [3.05, 3.63) is 18.0 Å². The summed E-state index contributed by atoms with van der Waals surface area (Å²) < 4.78 is 34.0. The van der Waals surface area contributed by atoms with Crippen LogP contribution in [0.25, 0.3) is 0 Å². The van der Waals surface area contributed by atoms with E-state index in [1.54, 1.807) is 14.8 Å². The fourth-order valence-corrected chi connectivity index (χ4v) is 5.07.